The fourth-order valence-electron chi connectivity index (χ4n) is 2.33. The summed E-state index contributed by atoms with van der Waals surface area (Å²) in [6.45, 7) is 12.7. The van der Waals surface area contributed by atoms with Gasteiger partial charge in [-0.3, -0.25) is 14.4 Å². The van der Waals surface area contributed by atoms with E-state index in [0.29, 0.717) is 18.7 Å². The highest BCUT2D eigenvalue weighted by atomic mass is 32.1. The summed E-state index contributed by atoms with van der Waals surface area (Å²) in [4.78, 5) is 35.4. The van der Waals surface area contributed by atoms with Crippen LogP contribution in [0, 0.1) is 0 Å². The maximum absolute atomic E-state index is 12.1. The lowest BCUT2D eigenvalue weighted by atomic mass is 10.0. The SMILES string of the molecule is C=C/C(=C\C=C/C)NC(=O)COCC(=O)NC(C)(C)CCOC(C)(C)CC(=O)NS. The van der Waals surface area contributed by atoms with Gasteiger partial charge in [0.15, 0.2) is 0 Å². The first-order valence-corrected chi connectivity index (χ1v) is 10.1. The Morgan fingerprint density at radius 2 is 1.70 bits per heavy atom. The minimum atomic E-state index is -0.644. The Hall–Kier alpha value is -2.10. The minimum Gasteiger partial charge on any atom is -0.375 e. The summed E-state index contributed by atoms with van der Waals surface area (Å²) in [5.74, 6) is -0.942. The summed E-state index contributed by atoms with van der Waals surface area (Å²) < 4.78 is 13.2. The standard InChI is InChI=1S/C21H35N3O5S/c1-7-9-10-16(8-2)22-18(26)14-28-15-19(27)23-20(3,4)11-12-29-21(5,6)13-17(25)24-30/h7-10,30H,2,11-15H2,1,3-6H3,(H,22,26)(H,23,27)(H,24,25)/b9-7-,16-10+. The summed E-state index contributed by atoms with van der Waals surface area (Å²) in [7, 11) is 0. The second-order valence-corrected chi connectivity index (χ2v) is 8.12. The molecule has 0 bridgehead atoms. The molecule has 0 saturated carbocycles. The third-order valence-corrected chi connectivity index (χ3v) is 4.10. The van der Waals surface area contributed by atoms with Gasteiger partial charge < -0.3 is 24.8 Å². The predicted molar refractivity (Wildman–Crippen MR) is 121 cm³/mol. The number of carbonyl (C=O) groups is 3. The largest absolute Gasteiger partial charge is 0.375 e. The first kappa shape index (κ1) is 27.9. The Kier molecular flexibility index (Phi) is 13.0. The van der Waals surface area contributed by atoms with Crippen LogP contribution in [0.15, 0.2) is 36.6 Å². The van der Waals surface area contributed by atoms with Crippen LogP contribution < -0.4 is 15.4 Å². The Morgan fingerprint density at radius 3 is 2.27 bits per heavy atom. The van der Waals surface area contributed by atoms with E-state index < -0.39 is 11.1 Å². The molecular weight excluding hydrogens is 406 g/mol. The van der Waals surface area contributed by atoms with Crippen LogP contribution in [0.25, 0.3) is 0 Å². The normalized spacial score (nSPS) is 12.5. The maximum Gasteiger partial charge on any atom is 0.250 e. The Morgan fingerprint density at radius 1 is 1.07 bits per heavy atom. The second-order valence-electron chi connectivity index (χ2n) is 7.89. The van der Waals surface area contributed by atoms with Gasteiger partial charge in [0.25, 0.3) is 0 Å². The van der Waals surface area contributed by atoms with Gasteiger partial charge in [-0.2, -0.15) is 0 Å². The van der Waals surface area contributed by atoms with Crippen LogP contribution in [0.2, 0.25) is 0 Å². The third-order valence-electron chi connectivity index (χ3n) is 3.85. The summed E-state index contributed by atoms with van der Waals surface area (Å²) >= 11 is 3.73. The first-order valence-electron chi connectivity index (χ1n) is 9.65. The molecule has 9 heteroatoms. The third kappa shape index (κ3) is 14.0. The molecule has 3 amide bonds. The van der Waals surface area contributed by atoms with E-state index in [1.54, 1.807) is 12.2 Å². The van der Waals surface area contributed by atoms with Crippen molar-refractivity contribution in [1.82, 2.24) is 15.4 Å². The van der Waals surface area contributed by atoms with Gasteiger partial charge in [0.05, 0.1) is 12.0 Å². The summed E-state index contributed by atoms with van der Waals surface area (Å²) in [5.41, 5.74) is -0.646. The van der Waals surface area contributed by atoms with Gasteiger partial charge in [0.1, 0.15) is 13.2 Å². The van der Waals surface area contributed by atoms with Crippen LogP contribution >= 0.6 is 12.8 Å². The highest BCUT2D eigenvalue weighted by Crippen LogP contribution is 2.17. The zero-order chi connectivity index (χ0) is 23.2. The van der Waals surface area contributed by atoms with E-state index in [1.807, 2.05) is 40.7 Å². The van der Waals surface area contributed by atoms with Crippen LogP contribution in [0.3, 0.4) is 0 Å². The van der Waals surface area contributed by atoms with Gasteiger partial charge in [0.2, 0.25) is 17.7 Å². The van der Waals surface area contributed by atoms with E-state index in [2.05, 4.69) is 34.7 Å². The average molecular weight is 442 g/mol. The number of amides is 3. The van der Waals surface area contributed by atoms with Crippen LogP contribution in [-0.4, -0.2) is 48.7 Å². The van der Waals surface area contributed by atoms with Crippen molar-refractivity contribution in [1.29, 1.82) is 0 Å². The molecule has 0 atom stereocenters. The van der Waals surface area contributed by atoms with Crippen molar-refractivity contribution in [3.8, 4) is 0 Å². The minimum absolute atomic E-state index is 0.177. The van der Waals surface area contributed by atoms with Crippen LogP contribution in [-0.2, 0) is 23.9 Å². The quantitative estimate of drug-likeness (QED) is 0.244. The molecular formula is C21H35N3O5S. The number of allylic oxidation sites excluding steroid dienone is 4. The number of nitrogens with one attached hydrogen (secondary N) is 3. The molecule has 0 radical (unpaired) electrons. The van der Waals surface area contributed by atoms with Gasteiger partial charge >= 0.3 is 0 Å². The van der Waals surface area contributed by atoms with E-state index in [-0.39, 0.29) is 37.4 Å². The summed E-state index contributed by atoms with van der Waals surface area (Å²) in [6.07, 6.45) is 7.52. The molecule has 0 rings (SSSR count). The smallest absolute Gasteiger partial charge is 0.250 e. The predicted octanol–water partition coefficient (Wildman–Crippen LogP) is 2.20. The molecule has 0 aromatic rings. The molecule has 0 unspecified atom stereocenters. The summed E-state index contributed by atoms with van der Waals surface area (Å²) in [6, 6.07) is 0. The Labute approximate surface area is 185 Å². The zero-order valence-corrected chi connectivity index (χ0v) is 19.4. The van der Waals surface area contributed by atoms with E-state index in [9.17, 15) is 14.4 Å². The van der Waals surface area contributed by atoms with Crippen molar-refractivity contribution in [2.24, 2.45) is 0 Å². The monoisotopic (exact) mass is 441 g/mol. The molecule has 0 aliphatic heterocycles. The summed E-state index contributed by atoms with van der Waals surface area (Å²) in [5, 5.41) is 5.47. The molecule has 8 nitrogen and oxygen atoms in total. The molecule has 30 heavy (non-hydrogen) atoms. The topological polar surface area (TPSA) is 106 Å². The molecule has 0 heterocycles. The second kappa shape index (κ2) is 14.0. The van der Waals surface area contributed by atoms with Gasteiger partial charge in [-0.1, -0.05) is 31.5 Å². The molecule has 0 aliphatic rings. The molecule has 0 aromatic carbocycles. The number of hydrogen-bond donors (Lipinski definition) is 4. The van der Waals surface area contributed by atoms with Crippen molar-refractivity contribution in [3.63, 3.8) is 0 Å². The van der Waals surface area contributed by atoms with Crippen LogP contribution in [0.4, 0.5) is 0 Å². The lowest BCUT2D eigenvalue weighted by Gasteiger charge is -2.29. The molecule has 0 fully saturated rings. The van der Waals surface area contributed by atoms with Crippen molar-refractivity contribution >= 4 is 30.5 Å². The van der Waals surface area contributed by atoms with Crippen molar-refractivity contribution in [2.45, 2.75) is 58.6 Å². The fourth-order valence-corrected chi connectivity index (χ4v) is 2.41. The van der Waals surface area contributed by atoms with Crippen LogP contribution in [0.5, 0.6) is 0 Å². The number of hydrogen-bond acceptors (Lipinski definition) is 6. The maximum atomic E-state index is 12.1. The number of thiol groups is 1. The average Bonchev–Trinajstić information content (AvgIpc) is 2.63. The Bertz CT molecular complexity index is 657. The molecule has 3 N–H and O–H groups in total. The fraction of sp³-hybridized carbons (Fsp3) is 0.571. The van der Waals surface area contributed by atoms with Gasteiger partial charge in [0, 0.05) is 17.8 Å². The van der Waals surface area contributed by atoms with Crippen LogP contribution in [0.1, 0.15) is 47.5 Å². The molecule has 170 valence electrons. The first-order chi connectivity index (χ1) is 13.9. The van der Waals surface area contributed by atoms with Crippen molar-refractivity contribution in [3.05, 3.63) is 36.6 Å². The van der Waals surface area contributed by atoms with Crippen molar-refractivity contribution < 1.29 is 23.9 Å². The molecule has 0 aliphatic carbocycles. The Balaban J connectivity index is 4.29. The lowest BCUT2D eigenvalue weighted by molar-refractivity contribution is -0.131. The van der Waals surface area contributed by atoms with E-state index in [1.165, 1.54) is 6.08 Å². The lowest BCUT2D eigenvalue weighted by Crippen LogP contribution is -2.46. The highest BCUT2D eigenvalue weighted by molar-refractivity contribution is 7.78. The van der Waals surface area contributed by atoms with E-state index >= 15 is 0 Å². The molecule has 0 saturated heterocycles. The van der Waals surface area contributed by atoms with E-state index in [0.717, 1.165) is 0 Å². The number of carbonyl (C=O) groups excluding carboxylic acids is 3. The number of ether oxygens (including phenoxy) is 2. The molecule has 0 spiro atoms. The number of rotatable bonds is 14. The zero-order valence-electron chi connectivity index (χ0n) is 18.5. The molecule has 0 aromatic heterocycles. The van der Waals surface area contributed by atoms with Gasteiger partial charge in [-0.15, -0.1) is 0 Å². The van der Waals surface area contributed by atoms with E-state index in [4.69, 9.17) is 9.47 Å². The van der Waals surface area contributed by atoms with Crippen molar-refractivity contribution in [2.75, 3.05) is 19.8 Å². The van der Waals surface area contributed by atoms with Gasteiger partial charge in [-0.05, 0) is 53.2 Å². The van der Waals surface area contributed by atoms with Gasteiger partial charge in [-0.25, -0.2) is 0 Å². The highest BCUT2D eigenvalue weighted by Gasteiger charge is 2.25.